The minimum absolute atomic E-state index is 0.230. The molecule has 9 heteroatoms. The average Bonchev–Trinajstić information content (AvgIpc) is 3.13. The third-order valence-corrected chi connectivity index (χ3v) is 4.17. The van der Waals surface area contributed by atoms with Gasteiger partial charge in [-0.05, 0) is 46.9 Å². The van der Waals surface area contributed by atoms with Gasteiger partial charge in [0.25, 0.3) is 0 Å². The highest BCUT2D eigenvalue weighted by Crippen LogP contribution is 2.24. The molecule has 1 atom stereocenters. The van der Waals surface area contributed by atoms with Gasteiger partial charge in [0.05, 0.1) is 13.2 Å². The van der Waals surface area contributed by atoms with Gasteiger partial charge in [0.15, 0.2) is 0 Å². The zero-order valence-corrected chi connectivity index (χ0v) is 14.7. The van der Waals surface area contributed by atoms with E-state index in [4.69, 9.17) is 14.2 Å². The van der Waals surface area contributed by atoms with Crippen molar-refractivity contribution in [1.29, 1.82) is 0 Å². The Morgan fingerprint density at radius 3 is 2.54 bits per heavy atom. The van der Waals surface area contributed by atoms with E-state index in [1.165, 1.54) is 18.3 Å². The number of nitrogens with zero attached hydrogens (tertiary/aromatic N) is 3. The smallest absolute Gasteiger partial charge is 0.414 e. The molecule has 144 valence electrons. The van der Waals surface area contributed by atoms with Crippen LogP contribution in [0.5, 0.6) is 17.5 Å². The van der Waals surface area contributed by atoms with Crippen LogP contribution in [-0.4, -0.2) is 27.2 Å². The molecule has 1 aliphatic rings. The molecule has 4 rings (SSSR count). The molecule has 0 saturated heterocycles. The van der Waals surface area contributed by atoms with Crippen molar-refractivity contribution >= 4 is 5.82 Å². The van der Waals surface area contributed by atoms with E-state index >= 15 is 0 Å². The Morgan fingerprint density at radius 2 is 1.86 bits per heavy atom. The number of hydrogen-bond acceptors (Lipinski definition) is 6. The molecule has 0 N–H and O–H groups in total. The third-order valence-electron chi connectivity index (χ3n) is 4.17. The Hall–Kier alpha value is -3.46. The van der Waals surface area contributed by atoms with Crippen LogP contribution in [0.15, 0.2) is 54.7 Å². The average molecular weight is 385 g/mol. The molecule has 0 radical (unpaired) electrons. The zero-order valence-electron chi connectivity index (χ0n) is 14.7. The zero-order chi connectivity index (χ0) is 19.5. The molecule has 0 unspecified atom stereocenters. The van der Waals surface area contributed by atoms with E-state index in [2.05, 4.69) is 4.98 Å². The molecule has 0 bridgehead atoms. The molecule has 0 aliphatic carbocycles. The van der Waals surface area contributed by atoms with E-state index in [1.54, 1.807) is 28.8 Å². The number of aromatic nitrogens is 2. The largest absolute Gasteiger partial charge is 0.457 e. The van der Waals surface area contributed by atoms with Gasteiger partial charge in [-0.2, -0.15) is 0 Å². The molecule has 3 aromatic rings. The van der Waals surface area contributed by atoms with Crippen LogP contribution in [0, 0.1) is 15.9 Å². The SMILES string of the molecule is O=[N+]([O-])c1cn2c(n1)OC[C@@H](OCc1ccc(Oc3ccc(F)cc3)cc1)C2. The molecule has 1 aromatic heterocycles. The summed E-state index contributed by atoms with van der Waals surface area (Å²) in [5, 5.41) is 10.8. The van der Waals surface area contributed by atoms with Gasteiger partial charge in [-0.3, -0.25) is 4.57 Å². The van der Waals surface area contributed by atoms with E-state index < -0.39 is 4.92 Å². The maximum absolute atomic E-state index is 12.9. The number of fused-ring (bicyclic) bond motifs is 1. The minimum Gasteiger partial charge on any atom is -0.457 e. The highest BCUT2D eigenvalue weighted by molar-refractivity contribution is 5.33. The van der Waals surface area contributed by atoms with Crippen LogP contribution in [0.4, 0.5) is 10.2 Å². The highest BCUT2D eigenvalue weighted by atomic mass is 19.1. The van der Waals surface area contributed by atoms with Crippen molar-refractivity contribution in [3.05, 3.63) is 76.2 Å². The van der Waals surface area contributed by atoms with Crippen LogP contribution in [0.25, 0.3) is 0 Å². The monoisotopic (exact) mass is 385 g/mol. The minimum atomic E-state index is -0.555. The molecule has 28 heavy (non-hydrogen) atoms. The van der Waals surface area contributed by atoms with Crippen molar-refractivity contribution < 1.29 is 23.5 Å². The summed E-state index contributed by atoms with van der Waals surface area (Å²) in [6.07, 6.45) is 1.10. The fraction of sp³-hybridized carbons (Fsp3) is 0.211. The Morgan fingerprint density at radius 1 is 1.18 bits per heavy atom. The topological polar surface area (TPSA) is 88.7 Å². The summed E-state index contributed by atoms with van der Waals surface area (Å²) in [5.74, 6) is 0.623. The predicted molar refractivity (Wildman–Crippen MR) is 95.9 cm³/mol. The molecule has 2 heterocycles. The van der Waals surface area contributed by atoms with Gasteiger partial charge in [-0.15, -0.1) is 0 Å². The van der Waals surface area contributed by atoms with Gasteiger partial charge in [-0.25, -0.2) is 4.39 Å². The van der Waals surface area contributed by atoms with E-state index in [0.29, 0.717) is 24.7 Å². The van der Waals surface area contributed by atoms with Crippen LogP contribution in [0.2, 0.25) is 0 Å². The second-order valence-corrected chi connectivity index (χ2v) is 6.24. The summed E-state index contributed by atoms with van der Waals surface area (Å²) in [6, 6.07) is 13.4. The van der Waals surface area contributed by atoms with E-state index in [9.17, 15) is 14.5 Å². The molecule has 8 nitrogen and oxygen atoms in total. The van der Waals surface area contributed by atoms with Crippen molar-refractivity contribution in [1.82, 2.24) is 9.55 Å². The first-order valence-corrected chi connectivity index (χ1v) is 8.55. The highest BCUT2D eigenvalue weighted by Gasteiger charge is 2.28. The molecule has 1 aliphatic heterocycles. The summed E-state index contributed by atoms with van der Waals surface area (Å²) in [5.41, 5.74) is 0.939. The number of halogens is 1. The Balaban J connectivity index is 1.31. The molecule has 0 amide bonds. The van der Waals surface area contributed by atoms with Gasteiger partial charge >= 0.3 is 11.8 Å². The normalized spacial score (nSPS) is 15.5. The van der Waals surface area contributed by atoms with Crippen LogP contribution in [-0.2, 0) is 17.9 Å². The second kappa shape index (κ2) is 7.65. The van der Waals surface area contributed by atoms with Crippen LogP contribution in [0.3, 0.4) is 0 Å². The summed E-state index contributed by atoms with van der Waals surface area (Å²) in [6.45, 7) is 1.07. The summed E-state index contributed by atoms with van der Waals surface area (Å²) >= 11 is 0. The second-order valence-electron chi connectivity index (χ2n) is 6.24. The van der Waals surface area contributed by atoms with E-state index in [0.717, 1.165) is 5.56 Å². The number of hydrogen-bond donors (Lipinski definition) is 0. The lowest BCUT2D eigenvalue weighted by Gasteiger charge is -2.22. The fourth-order valence-corrected chi connectivity index (χ4v) is 2.77. The first-order chi connectivity index (χ1) is 13.6. The number of benzene rings is 2. The number of imidazole rings is 1. The van der Waals surface area contributed by atoms with E-state index in [-0.39, 0.29) is 30.4 Å². The fourth-order valence-electron chi connectivity index (χ4n) is 2.77. The number of ether oxygens (including phenoxy) is 3. The first-order valence-electron chi connectivity index (χ1n) is 8.55. The maximum Gasteiger partial charge on any atom is 0.414 e. The molecule has 0 spiro atoms. The summed E-state index contributed by atoms with van der Waals surface area (Å²) in [4.78, 5) is 14.0. The lowest BCUT2D eigenvalue weighted by atomic mass is 10.2. The number of nitro groups is 1. The molecule has 0 saturated carbocycles. The molecular weight excluding hydrogens is 369 g/mol. The Labute approximate surface area is 159 Å². The molecule has 2 aromatic carbocycles. The van der Waals surface area contributed by atoms with Crippen molar-refractivity contribution in [2.24, 2.45) is 0 Å². The van der Waals surface area contributed by atoms with Gasteiger partial charge in [0, 0.05) is 4.98 Å². The third kappa shape index (κ3) is 4.09. The lowest BCUT2D eigenvalue weighted by Crippen LogP contribution is -2.32. The summed E-state index contributed by atoms with van der Waals surface area (Å²) < 4.78 is 31.4. The Bertz CT molecular complexity index is 972. The van der Waals surface area contributed by atoms with Crippen molar-refractivity contribution in [2.75, 3.05) is 6.61 Å². The van der Waals surface area contributed by atoms with Crippen molar-refractivity contribution in [2.45, 2.75) is 19.3 Å². The van der Waals surface area contributed by atoms with Crippen LogP contribution >= 0.6 is 0 Å². The Kier molecular flexibility index (Phi) is 4.90. The molecular formula is C19H16FN3O5. The van der Waals surface area contributed by atoms with Gasteiger partial charge < -0.3 is 24.3 Å². The van der Waals surface area contributed by atoms with Crippen molar-refractivity contribution in [3.8, 4) is 17.5 Å². The summed E-state index contributed by atoms with van der Waals surface area (Å²) in [7, 11) is 0. The quantitative estimate of drug-likeness (QED) is 0.475. The van der Waals surface area contributed by atoms with Crippen LogP contribution < -0.4 is 9.47 Å². The number of rotatable bonds is 6. The van der Waals surface area contributed by atoms with Gasteiger partial charge in [0.1, 0.15) is 36.2 Å². The standard InChI is InChI=1S/C19H16FN3O5/c20-14-3-7-16(8-4-14)28-15-5-1-13(2-6-15)11-26-17-9-22-10-18(23(24)25)21-19(22)27-12-17/h1-8,10,17H,9,11-12H2/t17-/m0/s1. The first kappa shape index (κ1) is 17.9. The van der Waals surface area contributed by atoms with Crippen molar-refractivity contribution in [3.63, 3.8) is 0 Å². The van der Waals surface area contributed by atoms with Gasteiger partial charge in [0.2, 0.25) is 0 Å². The van der Waals surface area contributed by atoms with Crippen LogP contribution in [0.1, 0.15) is 5.56 Å². The maximum atomic E-state index is 12.9. The molecule has 0 fully saturated rings. The predicted octanol–water partition coefficient (Wildman–Crippen LogP) is 3.70. The van der Waals surface area contributed by atoms with Gasteiger partial charge in [-0.1, -0.05) is 12.1 Å². The lowest BCUT2D eigenvalue weighted by molar-refractivity contribution is -0.389. The van der Waals surface area contributed by atoms with E-state index in [1.807, 2.05) is 12.1 Å².